The van der Waals surface area contributed by atoms with Gasteiger partial charge in [-0.15, -0.1) is 0 Å². The van der Waals surface area contributed by atoms with E-state index in [1.54, 1.807) is 0 Å². The van der Waals surface area contributed by atoms with Crippen LogP contribution in [0.1, 0.15) is 0 Å². The molecular weight excluding hydrogens is 176 g/mol. The highest BCUT2D eigenvalue weighted by molar-refractivity contribution is 7.59. The molecule has 0 saturated carbocycles. The van der Waals surface area contributed by atoms with Crippen LogP contribution in [0, 0.1) is 0 Å². The molecule has 0 fully saturated rings. The summed E-state index contributed by atoms with van der Waals surface area (Å²) in [6, 6.07) is 12.0. The molecule has 1 rings (SSSR count). The third kappa shape index (κ3) is 11.5. The largest absolute Gasteiger partial charge is 0.398 e. The Morgan fingerprint density at radius 3 is 1.08 bits per heavy atom. The topological polar surface area (TPSA) is 43.4 Å². The van der Waals surface area contributed by atoms with Crippen LogP contribution in [0.25, 0.3) is 0 Å². The van der Waals surface area contributed by atoms with Gasteiger partial charge in [0.1, 0.15) is 0 Å². The Bertz CT molecular complexity index is 156. The quantitative estimate of drug-likeness (QED) is 0.513. The average Bonchev–Trinajstić information content (AvgIpc) is 2.10. The van der Waals surface area contributed by atoms with E-state index in [2.05, 4.69) is 4.74 Å². The number of carbonyl (C=O) groups excluding carboxylic acids is 2. The summed E-state index contributed by atoms with van der Waals surface area (Å²) in [6.45, 7) is 0.125. The molecule has 1 aromatic rings. The SMILES string of the molecule is O=COC=O.S.c1ccccc1. The van der Waals surface area contributed by atoms with Gasteiger partial charge >= 0.3 is 12.9 Å². The molecule has 0 aliphatic rings. The summed E-state index contributed by atoms with van der Waals surface area (Å²) in [7, 11) is 0. The molecule has 0 unspecified atom stereocenters. The number of benzene rings is 1. The smallest absolute Gasteiger partial charge is 0.300 e. The first kappa shape index (κ1) is 13.3. The Balaban J connectivity index is 0. The van der Waals surface area contributed by atoms with Crippen molar-refractivity contribution in [2.45, 2.75) is 0 Å². The van der Waals surface area contributed by atoms with Crippen molar-refractivity contribution >= 4 is 26.4 Å². The number of hydrogen-bond acceptors (Lipinski definition) is 3. The van der Waals surface area contributed by atoms with E-state index in [4.69, 9.17) is 9.59 Å². The molecule has 0 saturated heterocycles. The molecule has 0 spiro atoms. The Kier molecular flexibility index (Phi) is 13.7. The van der Waals surface area contributed by atoms with Crippen LogP contribution < -0.4 is 0 Å². The molecule has 1 aromatic carbocycles. The number of carbonyl (C=O) groups is 2. The lowest BCUT2D eigenvalue weighted by atomic mass is 10.4. The summed E-state index contributed by atoms with van der Waals surface area (Å²) in [5, 5.41) is 0. The Morgan fingerprint density at radius 2 is 1.00 bits per heavy atom. The molecule has 0 bridgehead atoms. The predicted molar refractivity (Wildman–Crippen MR) is 50.0 cm³/mol. The molecule has 0 radical (unpaired) electrons. The van der Waals surface area contributed by atoms with Crippen molar-refractivity contribution in [1.29, 1.82) is 0 Å². The summed E-state index contributed by atoms with van der Waals surface area (Å²) in [5.41, 5.74) is 0. The van der Waals surface area contributed by atoms with Crippen molar-refractivity contribution < 1.29 is 14.3 Å². The standard InChI is InChI=1S/C6H6.C2H2O3.H2S/c1-2-4-6-5-3-1;3-1-5-2-4;/h1-6H;1-2H;1H2. The summed E-state index contributed by atoms with van der Waals surface area (Å²) in [5.74, 6) is 0. The van der Waals surface area contributed by atoms with Crippen LogP contribution in [-0.2, 0) is 14.3 Å². The third-order valence-electron chi connectivity index (χ3n) is 0.778. The van der Waals surface area contributed by atoms with Gasteiger partial charge in [-0.2, -0.15) is 13.5 Å². The first-order valence-electron chi connectivity index (χ1n) is 2.94. The molecule has 66 valence electrons. The minimum atomic E-state index is 0. The summed E-state index contributed by atoms with van der Waals surface area (Å²) in [4.78, 5) is 17.9. The van der Waals surface area contributed by atoms with Gasteiger partial charge in [-0.05, 0) is 0 Å². The second-order valence-electron chi connectivity index (χ2n) is 1.48. The van der Waals surface area contributed by atoms with Crippen LogP contribution in [-0.4, -0.2) is 12.9 Å². The molecule has 0 heterocycles. The van der Waals surface area contributed by atoms with Crippen molar-refractivity contribution in [3.63, 3.8) is 0 Å². The van der Waals surface area contributed by atoms with Gasteiger partial charge in [0, 0.05) is 0 Å². The fourth-order valence-corrected chi connectivity index (χ4v) is 0.408. The van der Waals surface area contributed by atoms with Crippen molar-refractivity contribution in [1.82, 2.24) is 0 Å². The zero-order valence-electron chi connectivity index (χ0n) is 6.34. The molecule has 0 aromatic heterocycles. The second-order valence-corrected chi connectivity index (χ2v) is 1.48. The van der Waals surface area contributed by atoms with Gasteiger partial charge < -0.3 is 4.74 Å². The highest BCUT2D eigenvalue weighted by Crippen LogP contribution is 1.79. The Labute approximate surface area is 77.8 Å². The highest BCUT2D eigenvalue weighted by Gasteiger charge is 1.59. The average molecular weight is 186 g/mol. The van der Waals surface area contributed by atoms with Gasteiger partial charge in [0.15, 0.2) is 0 Å². The van der Waals surface area contributed by atoms with Gasteiger partial charge in [-0.3, -0.25) is 9.59 Å². The Hall–Kier alpha value is -1.29. The van der Waals surface area contributed by atoms with Gasteiger partial charge in [-0.25, -0.2) is 0 Å². The summed E-state index contributed by atoms with van der Waals surface area (Å²) < 4.78 is 3.47. The van der Waals surface area contributed by atoms with E-state index in [0.29, 0.717) is 0 Å². The van der Waals surface area contributed by atoms with Gasteiger partial charge in [-0.1, -0.05) is 36.4 Å². The molecule has 4 heteroatoms. The second kappa shape index (κ2) is 12.4. The van der Waals surface area contributed by atoms with E-state index in [1.807, 2.05) is 36.4 Å². The minimum absolute atomic E-state index is 0. The summed E-state index contributed by atoms with van der Waals surface area (Å²) >= 11 is 0. The molecule has 0 aliphatic carbocycles. The van der Waals surface area contributed by atoms with Crippen molar-refractivity contribution in [2.75, 3.05) is 0 Å². The predicted octanol–water partition coefficient (Wildman–Crippen LogP) is 1.12. The zero-order chi connectivity index (χ0) is 8.36. The van der Waals surface area contributed by atoms with Gasteiger partial charge in [0.25, 0.3) is 0 Å². The van der Waals surface area contributed by atoms with Crippen LogP contribution >= 0.6 is 13.5 Å². The fraction of sp³-hybridized carbons (Fsp3) is 0. The molecule has 0 N–H and O–H groups in total. The molecule has 0 atom stereocenters. The number of hydrogen-bond donors (Lipinski definition) is 0. The third-order valence-corrected chi connectivity index (χ3v) is 0.778. The number of rotatable bonds is 2. The van der Waals surface area contributed by atoms with Crippen molar-refractivity contribution in [2.24, 2.45) is 0 Å². The van der Waals surface area contributed by atoms with E-state index < -0.39 is 0 Å². The van der Waals surface area contributed by atoms with Crippen LogP contribution in [0.4, 0.5) is 0 Å². The van der Waals surface area contributed by atoms with Crippen molar-refractivity contribution in [3.8, 4) is 0 Å². The Morgan fingerprint density at radius 1 is 0.750 bits per heavy atom. The maximum absolute atomic E-state index is 8.95. The fourth-order valence-electron chi connectivity index (χ4n) is 0.408. The van der Waals surface area contributed by atoms with E-state index in [9.17, 15) is 0 Å². The lowest BCUT2D eigenvalue weighted by Crippen LogP contribution is -1.77. The molecule has 3 nitrogen and oxygen atoms in total. The monoisotopic (exact) mass is 186 g/mol. The highest BCUT2D eigenvalue weighted by atomic mass is 32.1. The van der Waals surface area contributed by atoms with Gasteiger partial charge in [0.05, 0.1) is 0 Å². The normalized spacial score (nSPS) is 6.33. The first-order valence-corrected chi connectivity index (χ1v) is 2.94. The van der Waals surface area contributed by atoms with Crippen LogP contribution in [0.15, 0.2) is 36.4 Å². The summed E-state index contributed by atoms with van der Waals surface area (Å²) in [6.07, 6.45) is 0. The van der Waals surface area contributed by atoms with Crippen molar-refractivity contribution in [3.05, 3.63) is 36.4 Å². The van der Waals surface area contributed by atoms with Gasteiger partial charge in [0.2, 0.25) is 0 Å². The number of ether oxygens (including phenoxy) is 1. The van der Waals surface area contributed by atoms with E-state index in [-0.39, 0.29) is 26.4 Å². The van der Waals surface area contributed by atoms with Crippen LogP contribution in [0.3, 0.4) is 0 Å². The maximum atomic E-state index is 8.95. The lowest BCUT2D eigenvalue weighted by Gasteiger charge is -1.69. The van der Waals surface area contributed by atoms with Crippen LogP contribution in [0.2, 0.25) is 0 Å². The first-order chi connectivity index (χ1) is 5.41. The van der Waals surface area contributed by atoms with E-state index in [1.165, 1.54) is 0 Å². The van der Waals surface area contributed by atoms with E-state index in [0.717, 1.165) is 0 Å². The van der Waals surface area contributed by atoms with Crippen LogP contribution in [0.5, 0.6) is 0 Å². The molecule has 0 aliphatic heterocycles. The minimum Gasteiger partial charge on any atom is -0.398 e. The zero-order valence-corrected chi connectivity index (χ0v) is 7.34. The van der Waals surface area contributed by atoms with E-state index >= 15 is 0 Å². The maximum Gasteiger partial charge on any atom is 0.300 e. The lowest BCUT2D eigenvalue weighted by molar-refractivity contribution is -0.141. The molecular formula is C8H10O3S. The molecule has 0 amide bonds. The molecule has 12 heavy (non-hydrogen) atoms.